The van der Waals surface area contributed by atoms with E-state index in [0.717, 1.165) is 31.6 Å². The molecule has 168 valence electrons. The number of fused-ring (bicyclic) bond motifs is 3. The fourth-order valence-electron chi connectivity index (χ4n) is 6.40. The van der Waals surface area contributed by atoms with Crippen molar-refractivity contribution in [3.8, 4) is 0 Å². The van der Waals surface area contributed by atoms with E-state index >= 15 is 0 Å². The molecular formula is C26H34N6. The quantitative estimate of drug-likeness (QED) is 0.622. The Morgan fingerprint density at radius 3 is 2.44 bits per heavy atom. The fraction of sp³-hybridized carbons (Fsp3) is 0.538. The minimum absolute atomic E-state index is 0.326. The molecule has 32 heavy (non-hydrogen) atoms. The summed E-state index contributed by atoms with van der Waals surface area (Å²) in [6.07, 6.45) is 10.4. The molecule has 0 N–H and O–H groups in total. The molecule has 6 nitrogen and oxygen atoms in total. The minimum atomic E-state index is 0.326. The molecule has 6 heteroatoms. The van der Waals surface area contributed by atoms with E-state index in [4.69, 9.17) is 9.97 Å². The van der Waals surface area contributed by atoms with Gasteiger partial charge in [-0.25, -0.2) is 4.98 Å². The summed E-state index contributed by atoms with van der Waals surface area (Å²) in [6, 6.07) is 12.9. The summed E-state index contributed by atoms with van der Waals surface area (Å²) in [6.45, 7) is 4.41. The number of likely N-dealkylation sites (N-methyl/N-ethyl adjacent to an activating group) is 1. The highest BCUT2D eigenvalue weighted by atomic mass is 15.3. The van der Waals surface area contributed by atoms with Gasteiger partial charge in [-0.15, -0.1) is 0 Å². The van der Waals surface area contributed by atoms with Crippen molar-refractivity contribution >= 4 is 11.5 Å². The van der Waals surface area contributed by atoms with Crippen molar-refractivity contribution in [3.63, 3.8) is 0 Å². The summed E-state index contributed by atoms with van der Waals surface area (Å²) in [5.74, 6) is 1.29. The van der Waals surface area contributed by atoms with Gasteiger partial charge in [-0.05, 0) is 76.9 Å². The van der Waals surface area contributed by atoms with E-state index in [9.17, 15) is 0 Å². The molecule has 2 unspecified atom stereocenters. The van der Waals surface area contributed by atoms with Gasteiger partial charge in [-0.2, -0.15) is 0 Å². The third-order valence-corrected chi connectivity index (χ3v) is 8.31. The van der Waals surface area contributed by atoms with Gasteiger partial charge in [0.1, 0.15) is 11.5 Å². The number of pyridine rings is 2. The molecule has 0 saturated carbocycles. The maximum Gasteiger partial charge on any atom is 0.138 e. The Labute approximate surface area is 190 Å². The van der Waals surface area contributed by atoms with E-state index in [1.807, 2.05) is 12.3 Å². The number of hydrogen-bond acceptors (Lipinski definition) is 5. The van der Waals surface area contributed by atoms with Gasteiger partial charge in [-0.3, -0.25) is 19.2 Å². The van der Waals surface area contributed by atoms with Crippen molar-refractivity contribution in [2.45, 2.75) is 63.2 Å². The van der Waals surface area contributed by atoms with Crippen LogP contribution in [0, 0.1) is 6.92 Å². The number of piperidine rings is 1. The Morgan fingerprint density at radius 2 is 1.66 bits per heavy atom. The van der Waals surface area contributed by atoms with E-state index < -0.39 is 0 Å². The van der Waals surface area contributed by atoms with E-state index in [0.29, 0.717) is 24.2 Å². The number of piperazine rings is 1. The van der Waals surface area contributed by atoms with Gasteiger partial charge in [0.2, 0.25) is 0 Å². The number of nitrogens with zero attached hydrogens (tertiary/aromatic N) is 6. The number of rotatable bonds is 3. The average molecular weight is 431 g/mol. The monoisotopic (exact) mass is 430 g/mol. The second-order valence-corrected chi connectivity index (χ2v) is 10.1. The minimum Gasteiger partial charge on any atom is -0.355 e. The first-order valence-electron chi connectivity index (χ1n) is 12.2. The zero-order valence-corrected chi connectivity index (χ0v) is 19.5. The van der Waals surface area contributed by atoms with Crippen LogP contribution < -0.4 is 4.90 Å². The van der Waals surface area contributed by atoms with Gasteiger partial charge in [0, 0.05) is 37.6 Å². The third kappa shape index (κ3) is 3.23. The van der Waals surface area contributed by atoms with Gasteiger partial charge in [-0.1, -0.05) is 12.1 Å². The Kier molecular flexibility index (Phi) is 4.95. The third-order valence-electron chi connectivity index (χ3n) is 8.31. The standard InChI is InChI=1S/C26H34N6/c1-18-7-6-14-27-26(18)23-9-4-8-22(30(23)3)21-17-32-24(28-21)10-5-11-25(32)31-15-19-12-13-20(16-31)29(19)2/h5-7,10-11,14,17,19-20,22-23H,4,8-9,12-13,15-16H2,1-3H3/t19?,20?,22-,23+/m1/s1. The summed E-state index contributed by atoms with van der Waals surface area (Å²) in [5.41, 5.74) is 4.76. The lowest BCUT2D eigenvalue weighted by Crippen LogP contribution is -2.52. The molecule has 3 aromatic rings. The first kappa shape index (κ1) is 20.2. The van der Waals surface area contributed by atoms with Crippen molar-refractivity contribution in [3.05, 3.63) is 59.7 Å². The van der Waals surface area contributed by atoms with Crippen LogP contribution in [0.2, 0.25) is 0 Å². The predicted octanol–water partition coefficient (Wildman–Crippen LogP) is 4.22. The molecule has 3 aromatic heterocycles. The highest BCUT2D eigenvalue weighted by Gasteiger charge is 2.38. The molecule has 0 aromatic carbocycles. The summed E-state index contributed by atoms with van der Waals surface area (Å²) in [7, 11) is 4.56. The van der Waals surface area contributed by atoms with Crippen LogP contribution in [0.3, 0.4) is 0 Å². The maximum atomic E-state index is 5.13. The lowest BCUT2D eigenvalue weighted by molar-refractivity contribution is 0.109. The first-order valence-corrected chi connectivity index (χ1v) is 12.2. The summed E-state index contributed by atoms with van der Waals surface area (Å²) < 4.78 is 2.34. The van der Waals surface area contributed by atoms with E-state index in [2.05, 4.69) is 70.6 Å². The Bertz CT molecular complexity index is 1110. The largest absolute Gasteiger partial charge is 0.355 e. The SMILES string of the molecule is Cc1cccnc1[C@@H]1CCC[C@H](c2cn3c(N4CC5CCC(C4)N5C)cccc3n2)N1C. The molecule has 0 radical (unpaired) electrons. The molecule has 0 spiro atoms. The van der Waals surface area contributed by atoms with Crippen LogP contribution >= 0.6 is 0 Å². The van der Waals surface area contributed by atoms with Crippen LogP contribution in [0.4, 0.5) is 5.82 Å². The second-order valence-electron chi connectivity index (χ2n) is 10.1. The summed E-state index contributed by atoms with van der Waals surface area (Å²) in [4.78, 5) is 17.6. The topological polar surface area (TPSA) is 39.9 Å². The first-order chi connectivity index (χ1) is 15.6. The van der Waals surface area contributed by atoms with Crippen LogP contribution in [0.5, 0.6) is 0 Å². The van der Waals surface area contributed by atoms with Gasteiger partial charge in [0.15, 0.2) is 0 Å². The molecule has 2 bridgehead atoms. The molecule has 6 rings (SSSR count). The van der Waals surface area contributed by atoms with Crippen molar-refractivity contribution in [1.29, 1.82) is 0 Å². The second kappa shape index (κ2) is 7.85. The molecule has 0 aliphatic carbocycles. The van der Waals surface area contributed by atoms with E-state index in [1.165, 1.54) is 42.0 Å². The number of aryl methyl sites for hydroxylation is 1. The van der Waals surface area contributed by atoms with Crippen LogP contribution in [0.15, 0.2) is 42.7 Å². The van der Waals surface area contributed by atoms with Gasteiger partial charge in [0.05, 0.1) is 23.5 Å². The highest BCUT2D eigenvalue weighted by Crippen LogP contribution is 2.40. The molecule has 3 aliphatic heterocycles. The number of anilines is 1. The number of hydrogen-bond donors (Lipinski definition) is 0. The Balaban J connectivity index is 1.32. The Morgan fingerprint density at radius 1 is 0.875 bits per heavy atom. The van der Waals surface area contributed by atoms with Crippen LogP contribution in [-0.4, -0.2) is 63.4 Å². The number of imidazole rings is 1. The number of aromatic nitrogens is 3. The maximum absolute atomic E-state index is 5.13. The molecular weight excluding hydrogens is 396 g/mol. The van der Waals surface area contributed by atoms with Crippen molar-refractivity contribution in [2.75, 3.05) is 32.1 Å². The number of likely N-dealkylation sites (tertiary alicyclic amines) is 1. The predicted molar refractivity (Wildman–Crippen MR) is 128 cm³/mol. The molecule has 4 atom stereocenters. The molecule has 6 heterocycles. The van der Waals surface area contributed by atoms with Gasteiger partial charge < -0.3 is 4.90 Å². The van der Waals surface area contributed by atoms with Crippen LogP contribution in [0.25, 0.3) is 5.65 Å². The lowest BCUT2D eigenvalue weighted by atomic mass is 9.91. The average Bonchev–Trinajstić information content (AvgIpc) is 3.30. The smallest absolute Gasteiger partial charge is 0.138 e. The molecule has 3 aliphatic rings. The van der Waals surface area contributed by atoms with E-state index in [-0.39, 0.29) is 0 Å². The molecule has 0 amide bonds. The lowest BCUT2D eigenvalue weighted by Gasteiger charge is -2.40. The van der Waals surface area contributed by atoms with Gasteiger partial charge >= 0.3 is 0 Å². The van der Waals surface area contributed by atoms with Crippen LogP contribution in [-0.2, 0) is 0 Å². The van der Waals surface area contributed by atoms with E-state index in [1.54, 1.807) is 0 Å². The normalized spacial score (nSPS) is 29.2. The zero-order valence-electron chi connectivity index (χ0n) is 19.5. The van der Waals surface area contributed by atoms with Crippen molar-refractivity contribution < 1.29 is 0 Å². The Hall–Kier alpha value is -2.44. The summed E-state index contributed by atoms with van der Waals surface area (Å²) >= 11 is 0. The highest BCUT2D eigenvalue weighted by molar-refractivity contribution is 5.53. The van der Waals surface area contributed by atoms with Crippen molar-refractivity contribution in [2.24, 2.45) is 0 Å². The fourth-order valence-corrected chi connectivity index (χ4v) is 6.40. The zero-order chi connectivity index (χ0) is 21.8. The summed E-state index contributed by atoms with van der Waals surface area (Å²) in [5, 5.41) is 0. The molecule has 3 saturated heterocycles. The van der Waals surface area contributed by atoms with Gasteiger partial charge in [0.25, 0.3) is 0 Å². The van der Waals surface area contributed by atoms with Crippen molar-refractivity contribution in [1.82, 2.24) is 24.2 Å². The molecule has 3 fully saturated rings. The van der Waals surface area contributed by atoms with Crippen LogP contribution in [0.1, 0.15) is 61.1 Å².